The van der Waals surface area contributed by atoms with Crippen LogP contribution in [0.25, 0.3) is 0 Å². The van der Waals surface area contributed by atoms with E-state index in [0.29, 0.717) is 6.42 Å². The van der Waals surface area contributed by atoms with Crippen molar-refractivity contribution >= 4 is 0 Å². The zero-order valence-electron chi connectivity index (χ0n) is 13.7. The van der Waals surface area contributed by atoms with E-state index in [1.165, 1.54) is 24.3 Å². The number of para-hydroxylation sites is 1. The van der Waals surface area contributed by atoms with E-state index >= 15 is 0 Å². The van der Waals surface area contributed by atoms with Crippen molar-refractivity contribution in [3.05, 3.63) is 29.8 Å². The Morgan fingerprint density at radius 1 is 1.00 bits per heavy atom. The van der Waals surface area contributed by atoms with Crippen LogP contribution in [0.4, 0.5) is 30.7 Å². The maximum atomic E-state index is 13.7. The van der Waals surface area contributed by atoms with Gasteiger partial charge in [-0.2, -0.15) is 30.7 Å². The summed E-state index contributed by atoms with van der Waals surface area (Å²) in [6.07, 6.45) is -8.45. The van der Waals surface area contributed by atoms with Crippen LogP contribution in [-0.2, 0) is 4.74 Å². The van der Waals surface area contributed by atoms with Gasteiger partial charge in [0.1, 0.15) is 5.75 Å². The van der Waals surface area contributed by atoms with Crippen LogP contribution >= 0.6 is 0 Å². The first-order chi connectivity index (χ1) is 11.5. The molecule has 0 aliphatic heterocycles. The van der Waals surface area contributed by atoms with Crippen molar-refractivity contribution in [3.8, 4) is 5.75 Å². The summed E-state index contributed by atoms with van der Waals surface area (Å²) in [6.45, 7) is 2.14. The minimum absolute atomic E-state index is 0.0150. The Bertz CT molecular complexity index is 544. The topological polar surface area (TPSA) is 18.5 Å². The van der Waals surface area contributed by atoms with Crippen LogP contribution in [-0.4, -0.2) is 31.7 Å². The highest BCUT2D eigenvalue weighted by Gasteiger charge is 2.73. The van der Waals surface area contributed by atoms with Crippen LogP contribution in [0.3, 0.4) is 0 Å². The van der Waals surface area contributed by atoms with E-state index in [2.05, 4.69) is 0 Å². The Balaban J connectivity index is 3.07. The van der Waals surface area contributed by atoms with Crippen LogP contribution in [0.15, 0.2) is 24.3 Å². The number of alkyl halides is 7. The number of ether oxygens (including phenoxy) is 2. The molecule has 2 nitrogen and oxygen atoms in total. The molecule has 1 atom stereocenters. The number of benzene rings is 1. The highest BCUT2D eigenvalue weighted by atomic mass is 19.4. The second-order valence-corrected chi connectivity index (χ2v) is 5.44. The van der Waals surface area contributed by atoms with E-state index in [0.717, 1.165) is 13.5 Å². The minimum Gasteiger partial charge on any atom is -0.493 e. The molecule has 0 fully saturated rings. The third-order valence-corrected chi connectivity index (χ3v) is 3.56. The standard InChI is InChI=1S/C16H19F7O2/c1-3-4-9-25-12-8-6-5-7-11(12)13(24-2)10-14(17,18)15(19,20)16(21,22)23/h5-8,13H,3-4,9-10H2,1-2H3. The lowest BCUT2D eigenvalue weighted by atomic mass is 9.98. The molecule has 0 aliphatic carbocycles. The van der Waals surface area contributed by atoms with Gasteiger partial charge in [-0.1, -0.05) is 31.5 Å². The fourth-order valence-electron chi connectivity index (χ4n) is 2.09. The molecule has 0 amide bonds. The molecule has 0 bridgehead atoms. The van der Waals surface area contributed by atoms with E-state index in [4.69, 9.17) is 9.47 Å². The second kappa shape index (κ2) is 8.25. The zero-order chi connectivity index (χ0) is 19.3. The van der Waals surface area contributed by atoms with Crippen LogP contribution in [0, 0.1) is 0 Å². The molecule has 0 N–H and O–H groups in total. The summed E-state index contributed by atoms with van der Waals surface area (Å²) in [4.78, 5) is 0. The summed E-state index contributed by atoms with van der Waals surface area (Å²) < 4.78 is 101. The highest BCUT2D eigenvalue weighted by molar-refractivity contribution is 5.35. The summed E-state index contributed by atoms with van der Waals surface area (Å²) in [5, 5.41) is 0. The first kappa shape index (κ1) is 21.5. The van der Waals surface area contributed by atoms with E-state index in [1.54, 1.807) is 0 Å². The lowest BCUT2D eigenvalue weighted by Gasteiger charge is -2.31. The lowest BCUT2D eigenvalue weighted by molar-refractivity contribution is -0.358. The van der Waals surface area contributed by atoms with Crippen molar-refractivity contribution < 1.29 is 40.2 Å². The molecule has 0 saturated heterocycles. The first-order valence-corrected chi connectivity index (χ1v) is 7.54. The van der Waals surface area contributed by atoms with Gasteiger partial charge in [-0.25, -0.2) is 0 Å². The average molecular weight is 376 g/mol. The van der Waals surface area contributed by atoms with Crippen LogP contribution in [0.5, 0.6) is 5.75 Å². The molecule has 0 radical (unpaired) electrons. The van der Waals surface area contributed by atoms with Gasteiger partial charge in [0.2, 0.25) is 0 Å². The number of halogens is 7. The normalized spacial score (nSPS) is 14.4. The van der Waals surface area contributed by atoms with E-state index in [-0.39, 0.29) is 17.9 Å². The van der Waals surface area contributed by atoms with Gasteiger partial charge in [0, 0.05) is 19.1 Å². The molecule has 1 aromatic rings. The highest BCUT2D eigenvalue weighted by Crippen LogP contribution is 2.50. The predicted molar refractivity (Wildman–Crippen MR) is 77.2 cm³/mol. The monoisotopic (exact) mass is 376 g/mol. The summed E-state index contributed by atoms with van der Waals surface area (Å²) >= 11 is 0. The summed E-state index contributed by atoms with van der Waals surface area (Å²) in [5.41, 5.74) is -0.0150. The number of unbranched alkanes of at least 4 members (excludes halogenated alkanes) is 1. The molecule has 1 rings (SSSR count). The maximum absolute atomic E-state index is 13.7. The third-order valence-electron chi connectivity index (χ3n) is 3.56. The molecular formula is C16H19F7O2. The molecule has 9 heteroatoms. The smallest absolute Gasteiger partial charge is 0.459 e. The van der Waals surface area contributed by atoms with Crippen molar-refractivity contribution in [1.82, 2.24) is 0 Å². The lowest BCUT2D eigenvalue weighted by Crippen LogP contribution is -2.52. The van der Waals surface area contributed by atoms with Crippen LogP contribution in [0.2, 0.25) is 0 Å². The molecule has 0 aliphatic rings. The molecule has 1 aromatic carbocycles. The van der Waals surface area contributed by atoms with Crippen molar-refractivity contribution in [2.75, 3.05) is 13.7 Å². The molecule has 1 unspecified atom stereocenters. The van der Waals surface area contributed by atoms with Gasteiger partial charge >= 0.3 is 18.0 Å². The van der Waals surface area contributed by atoms with Gasteiger partial charge in [-0.3, -0.25) is 0 Å². The van der Waals surface area contributed by atoms with Gasteiger partial charge < -0.3 is 9.47 Å². The number of hydrogen-bond acceptors (Lipinski definition) is 2. The van der Waals surface area contributed by atoms with Crippen molar-refractivity contribution in [2.45, 2.75) is 50.3 Å². The summed E-state index contributed by atoms with van der Waals surface area (Å²) in [6, 6.07) is 5.66. The Kier molecular flexibility index (Phi) is 7.10. The Morgan fingerprint density at radius 2 is 1.60 bits per heavy atom. The van der Waals surface area contributed by atoms with Gasteiger partial charge in [0.05, 0.1) is 12.7 Å². The zero-order valence-corrected chi connectivity index (χ0v) is 13.7. The molecule has 144 valence electrons. The van der Waals surface area contributed by atoms with E-state index in [9.17, 15) is 30.7 Å². The Morgan fingerprint density at radius 3 is 2.12 bits per heavy atom. The van der Waals surface area contributed by atoms with E-state index in [1.807, 2.05) is 6.92 Å². The molecular weight excluding hydrogens is 357 g/mol. The van der Waals surface area contributed by atoms with Crippen molar-refractivity contribution in [2.24, 2.45) is 0 Å². The average Bonchev–Trinajstić information content (AvgIpc) is 2.52. The molecule has 0 spiro atoms. The largest absolute Gasteiger partial charge is 0.493 e. The SMILES string of the molecule is CCCCOc1ccccc1C(CC(F)(F)C(F)(F)C(F)(F)F)OC. The number of rotatable bonds is 9. The number of methoxy groups -OCH3 is 1. The fourth-order valence-corrected chi connectivity index (χ4v) is 2.09. The van der Waals surface area contributed by atoms with E-state index < -0.39 is 30.5 Å². The summed E-state index contributed by atoms with van der Waals surface area (Å²) in [5.74, 6) is -11.4. The van der Waals surface area contributed by atoms with Crippen LogP contribution < -0.4 is 4.74 Å². The van der Waals surface area contributed by atoms with Gasteiger partial charge in [-0.05, 0) is 12.5 Å². The Labute approximate surface area is 140 Å². The van der Waals surface area contributed by atoms with Crippen molar-refractivity contribution in [1.29, 1.82) is 0 Å². The molecule has 0 saturated carbocycles. The van der Waals surface area contributed by atoms with Gasteiger partial charge in [0.15, 0.2) is 0 Å². The maximum Gasteiger partial charge on any atom is 0.459 e. The van der Waals surface area contributed by atoms with Crippen molar-refractivity contribution in [3.63, 3.8) is 0 Å². The minimum atomic E-state index is -6.37. The van der Waals surface area contributed by atoms with Gasteiger partial charge in [0.25, 0.3) is 0 Å². The quantitative estimate of drug-likeness (QED) is 0.402. The van der Waals surface area contributed by atoms with Gasteiger partial charge in [-0.15, -0.1) is 0 Å². The third kappa shape index (κ3) is 4.99. The second-order valence-electron chi connectivity index (χ2n) is 5.44. The molecule has 0 aromatic heterocycles. The number of hydrogen-bond donors (Lipinski definition) is 0. The Hall–Kier alpha value is -1.51. The summed E-state index contributed by atoms with van der Waals surface area (Å²) in [7, 11) is 0.954. The first-order valence-electron chi connectivity index (χ1n) is 7.54. The predicted octanol–water partition coefficient (Wildman–Crippen LogP) is 5.78. The molecule has 0 heterocycles. The fraction of sp³-hybridized carbons (Fsp3) is 0.625. The van der Waals surface area contributed by atoms with Crippen LogP contribution in [0.1, 0.15) is 37.9 Å². The molecule has 25 heavy (non-hydrogen) atoms.